The molecule has 1 atom stereocenters. The second-order valence-corrected chi connectivity index (χ2v) is 6.26. The van der Waals surface area contributed by atoms with E-state index in [4.69, 9.17) is 5.11 Å². The Balaban J connectivity index is 2.23. The largest absolute Gasteiger partial charge is 0.481 e. The van der Waals surface area contributed by atoms with E-state index in [2.05, 4.69) is 41.4 Å². The zero-order valence-electron chi connectivity index (χ0n) is 12.5. The molecule has 2 heterocycles. The van der Waals surface area contributed by atoms with E-state index < -0.39 is 5.97 Å². The van der Waals surface area contributed by atoms with Crippen LogP contribution in [0.25, 0.3) is 0 Å². The summed E-state index contributed by atoms with van der Waals surface area (Å²) < 4.78 is 3.32. The lowest BCUT2D eigenvalue weighted by molar-refractivity contribution is -0.138. The van der Waals surface area contributed by atoms with Gasteiger partial charge in [0.05, 0.1) is 12.5 Å². The number of carboxylic acid groups (broad SMARTS) is 1. The molecule has 21 heavy (non-hydrogen) atoms. The van der Waals surface area contributed by atoms with Gasteiger partial charge in [0, 0.05) is 12.4 Å². The van der Waals surface area contributed by atoms with Gasteiger partial charge in [-0.3, -0.25) is 9.48 Å². The molecule has 2 aromatic heterocycles. The highest BCUT2D eigenvalue weighted by Gasteiger charge is 2.26. The quantitative estimate of drug-likeness (QED) is 0.863. The van der Waals surface area contributed by atoms with Crippen LogP contribution in [0.3, 0.4) is 0 Å². The van der Waals surface area contributed by atoms with E-state index in [1.54, 1.807) is 15.6 Å². The molecular weight excluding hydrogens is 272 g/mol. The number of carbonyl (C=O) groups is 1. The Morgan fingerprint density at radius 3 is 2.76 bits per heavy atom. The predicted octanol–water partition coefficient (Wildman–Crippen LogP) is 1.37. The monoisotopic (exact) mass is 292 g/mol. The highest BCUT2D eigenvalue weighted by Crippen LogP contribution is 2.29. The van der Waals surface area contributed by atoms with E-state index in [-0.39, 0.29) is 17.9 Å². The lowest BCUT2D eigenvalue weighted by Gasteiger charge is -2.25. The third kappa shape index (κ3) is 4.37. The van der Waals surface area contributed by atoms with Crippen LogP contribution in [-0.4, -0.2) is 41.1 Å². The van der Waals surface area contributed by atoms with Gasteiger partial charge >= 0.3 is 5.97 Å². The summed E-state index contributed by atoms with van der Waals surface area (Å²) in [6.45, 7) is 6.62. The van der Waals surface area contributed by atoms with E-state index in [9.17, 15) is 4.79 Å². The molecule has 0 aliphatic carbocycles. The second kappa shape index (κ2) is 6.02. The van der Waals surface area contributed by atoms with E-state index >= 15 is 0 Å². The SMILES string of the molecule is CC(C)(C)CC(CC(=O)O)n1nnnc1Cn1cccn1. The molecule has 114 valence electrons. The number of hydrogen-bond acceptors (Lipinski definition) is 5. The van der Waals surface area contributed by atoms with Crippen LogP contribution in [0.4, 0.5) is 0 Å². The molecular formula is C13H20N6O2. The summed E-state index contributed by atoms with van der Waals surface area (Å²) >= 11 is 0. The highest BCUT2D eigenvalue weighted by molar-refractivity contribution is 5.67. The third-order valence-corrected chi connectivity index (χ3v) is 3.03. The smallest absolute Gasteiger partial charge is 0.305 e. The average Bonchev–Trinajstić information content (AvgIpc) is 2.97. The van der Waals surface area contributed by atoms with Crippen LogP contribution in [-0.2, 0) is 11.3 Å². The molecule has 0 radical (unpaired) electrons. The minimum atomic E-state index is -0.857. The molecule has 0 saturated carbocycles. The van der Waals surface area contributed by atoms with Gasteiger partial charge in [-0.2, -0.15) is 5.10 Å². The molecule has 2 rings (SSSR count). The van der Waals surface area contributed by atoms with Gasteiger partial charge in [-0.05, 0) is 28.3 Å². The fourth-order valence-electron chi connectivity index (χ4n) is 2.29. The molecule has 0 aliphatic heterocycles. The van der Waals surface area contributed by atoms with Crippen LogP contribution < -0.4 is 0 Å². The molecule has 8 heteroatoms. The number of nitrogens with zero attached hydrogens (tertiary/aromatic N) is 6. The second-order valence-electron chi connectivity index (χ2n) is 6.26. The summed E-state index contributed by atoms with van der Waals surface area (Å²) in [6.07, 6.45) is 4.16. The topological polar surface area (TPSA) is 98.7 Å². The molecule has 0 aliphatic rings. The zero-order chi connectivity index (χ0) is 15.5. The first kappa shape index (κ1) is 15.1. The van der Waals surface area contributed by atoms with Gasteiger partial charge in [0.1, 0.15) is 6.54 Å². The Bertz CT molecular complexity index is 584. The van der Waals surface area contributed by atoms with Crippen LogP contribution in [0.5, 0.6) is 0 Å². The number of hydrogen-bond donors (Lipinski definition) is 1. The molecule has 0 bridgehead atoms. The van der Waals surface area contributed by atoms with Crippen LogP contribution >= 0.6 is 0 Å². The molecule has 2 aromatic rings. The maximum absolute atomic E-state index is 11.1. The molecule has 0 fully saturated rings. The van der Waals surface area contributed by atoms with E-state index in [0.29, 0.717) is 18.8 Å². The Hall–Kier alpha value is -2.25. The Kier molecular flexibility index (Phi) is 4.35. The van der Waals surface area contributed by atoms with E-state index in [0.717, 1.165) is 0 Å². The summed E-state index contributed by atoms with van der Waals surface area (Å²) in [6, 6.07) is 1.54. The lowest BCUT2D eigenvalue weighted by atomic mass is 9.87. The number of aromatic nitrogens is 6. The molecule has 0 spiro atoms. The van der Waals surface area contributed by atoms with Crippen molar-refractivity contribution in [3.05, 3.63) is 24.3 Å². The van der Waals surface area contributed by atoms with Crippen molar-refractivity contribution in [3.8, 4) is 0 Å². The van der Waals surface area contributed by atoms with Crippen molar-refractivity contribution in [1.82, 2.24) is 30.0 Å². The number of aliphatic carboxylic acids is 1. The predicted molar refractivity (Wildman–Crippen MR) is 74.5 cm³/mol. The van der Waals surface area contributed by atoms with Gasteiger partial charge in [0.15, 0.2) is 5.82 Å². The van der Waals surface area contributed by atoms with Crippen LogP contribution in [0.15, 0.2) is 18.5 Å². The van der Waals surface area contributed by atoms with Gasteiger partial charge in [-0.15, -0.1) is 5.10 Å². The molecule has 0 amide bonds. The summed E-state index contributed by atoms with van der Waals surface area (Å²) in [5.74, 6) is -0.251. The van der Waals surface area contributed by atoms with Crippen LogP contribution in [0, 0.1) is 5.41 Å². The van der Waals surface area contributed by atoms with E-state index in [1.165, 1.54) is 0 Å². The summed E-state index contributed by atoms with van der Waals surface area (Å²) in [5.41, 5.74) is -0.0188. The third-order valence-electron chi connectivity index (χ3n) is 3.03. The van der Waals surface area contributed by atoms with Gasteiger partial charge < -0.3 is 5.11 Å². The van der Waals surface area contributed by atoms with Crippen LogP contribution in [0.2, 0.25) is 0 Å². The standard InChI is InChI=1S/C13H20N6O2/c1-13(2,3)8-10(7-12(20)21)19-11(15-16-17-19)9-18-6-4-5-14-18/h4-6,10H,7-9H2,1-3H3,(H,20,21). The summed E-state index contributed by atoms with van der Waals surface area (Å²) in [5, 5.41) is 24.9. The highest BCUT2D eigenvalue weighted by atomic mass is 16.4. The zero-order valence-corrected chi connectivity index (χ0v) is 12.5. The normalized spacial score (nSPS) is 13.3. The Labute approximate surface area is 122 Å². The number of tetrazole rings is 1. The van der Waals surface area contributed by atoms with Gasteiger partial charge in [-0.1, -0.05) is 20.8 Å². The molecule has 8 nitrogen and oxygen atoms in total. The van der Waals surface area contributed by atoms with Gasteiger partial charge in [-0.25, -0.2) is 4.68 Å². The van der Waals surface area contributed by atoms with E-state index in [1.807, 2.05) is 12.3 Å². The van der Waals surface area contributed by atoms with Crippen molar-refractivity contribution in [2.45, 2.75) is 46.2 Å². The minimum Gasteiger partial charge on any atom is -0.481 e. The lowest BCUT2D eigenvalue weighted by Crippen LogP contribution is -2.23. The van der Waals surface area contributed by atoms with Crippen molar-refractivity contribution in [2.24, 2.45) is 5.41 Å². The first-order valence-corrected chi connectivity index (χ1v) is 6.81. The molecule has 1 N–H and O–H groups in total. The minimum absolute atomic E-state index is 0.00554. The van der Waals surface area contributed by atoms with Crippen molar-refractivity contribution in [1.29, 1.82) is 0 Å². The van der Waals surface area contributed by atoms with Gasteiger partial charge in [0.25, 0.3) is 0 Å². The Morgan fingerprint density at radius 2 is 2.19 bits per heavy atom. The van der Waals surface area contributed by atoms with Crippen LogP contribution in [0.1, 0.15) is 45.5 Å². The van der Waals surface area contributed by atoms with Crippen molar-refractivity contribution < 1.29 is 9.90 Å². The summed E-state index contributed by atoms with van der Waals surface area (Å²) in [4.78, 5) is 11.1. The van der Waals surface area contributed by atoms with Crippen molar-refractivity contribution in [3.63, 3.8) is 0 Å². The van der Waals surface area contributed by atoms with Crippen molar-refractivity contribution >= 4 is 5.97 Å². The fraction of sp³-hybridized carbons (Fsp3) is 0.615. The molecule has 0 aromatic carbocycles. The Morgan fingerprint density at radius 1 is 1.43 bits per heavy atom. The molecule has 0 saturated heterocycles. The maximum Gasteiger partial charge on any atom is 0.305 e. The maximum atomic E-state index is 11.1. The first-order chi connectivity index (χ1) is 9.85. The number of carboxylic acids is 1. The summed E-state index contributed by atoms with van der Waals surface area (Å²) in [7, 11) is 0. The first-order valence-electron chi connectivity index (χ1n) is 6.81. The fourth-order valence-corrected chi connectivity index (χ4v) is 2.29. The molecule has 1 unspecified atom stereocenters. The number of rotatable bonds is 6. The van der Waals surface area contributed by atoms with Gasteiger partial charge in [0.2, 0.25) is 0 Å². The average molecular weight is 292 g/mol. The van der Waals surface area contributed by atoms with Crippen molar-refractivity contribution in [2.75, 3.05) is 0 Å².